The molecule has 27 heavy (non-hydrogen) atoms. The van der Waals surface area contributed by atoms with Crippen LogP contribution in [0.3, 0.4) is 0 Å². The third kappa shape index (κ3) is 4.00. The smallest absolute Gasteiger partial charge is 0.256 e. The van der Waals surface area contributed by atoms with Crippen LogP contribution in [-0.2, 0) is 10.0 Å². The molecule has 2 aromatic carbocycles. The Morgan fingerprint density at radius 1 is 1.04 bits per heavy atom. The maximum absolute atomic E-state index is 13.9. The second-order valence-corrected chi connectivity index (χ2v) is 8.93. The van der Waals surface area contributed by atoms with E-state index < -0.39 is 21.7 Å². The average Bonchev–Trinajstić information content (AvgIpc) is 2.65. The molecule has 0 N–H and O–H groups in total. The molecule has 1 aliphatic heterocycles. The molecule has 1 aliphatic rings. The molecule has 0 saturated carbocycles. The third-order valence-corrected chi connectivity index (χ3v) is 6.92. The fraction of sp³-hybridized carbons (Fsp3) is 0.316. The Bertz CT molecular complexity index is 986. The van der Waals surface area contributed by atoms with Gasteiger partial charge in [-0.2, -0.15) is 4.31 Å². The minimum absolute atomic E-state index is 0.103. The fourth-order valence-corrected chi connectivity index (χ4v) is 4.99. The van der Waals surface area contributed by atoms with Gasteiger partial charge in [0.2, 0.25) is 10.0 Å². The largest absolute Gasteiger partial charge is 0.336 e. The van der Waals surface area contributed by atoms with Crippen LogP contribution >= 0.6 is 11.6 Å². The first-order valence-corrected chi connectivity index (χ1v) is 10.3. The van der Waals surface area contributed by atoms with Crippen LogP contribution in [0.1, 0.15) is 21.5 Å². The molecule has 0 spiro atoms. The molecule has 0 bridgehead atoms. The number of carbonyl (C=O) groups is 1. The van der Waals surface area contributed by atoms with Crippen molar-refractivity contribution in [2.24, 2.45) is 0 Å². The van der Waals surface area contributed by atoms with Crippen molar-refractivity contribution in [1.82, 2.24) is 9.21 Å². The summed E-state index contributed by atoms with van der Waals surface area (Å²) in [6.07, 6.45) is 0. The van der Waals surface area contributed by atoms with E-state index in [1.807, 2.05) is 13.0 Å². The van der Waals surface area contributed by atoms with Crippen LogP contribution in [0, 0.1) is 19.7 Å². The van der Waals surface area contributed by atoms with Crippen LogP contribution < -0.4 is 0 Å². The zero-order chi connectivity index (χ0) is 19.8. The highest BCUT2D eigenvalue weighted by atomic mass is 35.5. The lowest BCUT2D eigenvalue weighted by Gasteiger charge is -2.34. The van der Waals surface area contributed by atoms with Gasteiger partial charge in [-0.3, -0.25) is 4.79 Å². The Kier molecular flexibility index (Phi) is 5.55. The molecule has 144 valence electrons. The Morgan fingerprint density at radius 2 is 1.70 bits per heavy atom. The lowest BCUT2D eigenvalue weighted by molar-refractivity contribution is 0.0693. The number of amides is 1. The van der Waals surface area contributed by atoms with Crippen molar-refractivity contribution in [2.45, 2.75) is 18.7 Å². The van der Waals surface area contributed by atoms with Crippen molar-refractivity contribution in [3.05, 3.63) is 63.9 Å². The zero-order valence-corrected chi connectivity index (χ0v) is 16.6. The van der Waals surface area contributed by atoms with Crippen molar-refractivity contribution in [1.29, 1.82) is 0 Å². The lowest BCUT2D eigenvalue weighted by atomic mass is 10.1. The molecule has 1 saturated heterocycles. The second-order valence-electron chi connectivity index (χ2n) is 6.59. The molecule has 0 radical (unpaired) electrons. The molecule has 3 rings (SSSR count). The first-order chi connectivity index (χ1) is 12.7. The predicted octanol–water partition coefficient (Wildman–Crippen LogP) is 3.24. The van der Waals surface area contributed by atoms with Gasteiger partial charge in [0, 0.05) is 31.2 Å². The van der Waals surface area contributed by atoms with Crippen molar-refractivity contribution >= 4 is 27.5 Å². The molecule has 5 nitrogen and oxygen atoms in total. The van der Waals surface area contributed by atoms with Crippen LogP contribution in [0.5, 0.6) is 0 Å². The van der Waals surface area contributed by atoms with E-state index in [0.29, 0.717) is 5.56 Å². The van der Waals surface area contributed by atoms with E-state index in [2.05, 4.69) is 0 Å². The molecular formula is C19H20ClFN2O3S. The summed E-state index contributed by atoms with van der Waals surface area (Å²) in [6.45, 7) is 4.29. The lowest BCUT2D eigenvalue weighted by Crippen LogP contribution is -2.50. The highest BCUT2D eigenvalue weighted by molar-refractivity contribution is 7.89. The standard InChI is InChI=1S/C19H20ClFN2O3S/c1-13-3-4-14(2)18(11-13)27(25,26)23-9-7-22(8-10-23)19(24)16-12-15(20)5-6-17(16)21/h3-6,11-12H,7-10H2,1-2H3. The van der Waals surface area contributed by atoms with Gasteiger partial charge in [0.15, 0.2) is 0 Å². The Labute approximate surface area is 163 Å². The van der Waals surface area contributed by atoms with Gasteiger partial charge in [-0.1, -0.05) is 23.7 Å². The minimum atomic E-state index is -3.64. The molecule has 0 aliphatic carbocycles. The zero-order valence-electron chi connectivity index (χ0n) is 15.1. The van der Waals surface area contributed by atoms with Crippen molar-refractivity contribution in [3.63, 3.8) is 0 Å². The molecular weight excluding hydrogens is 391 g/mol. The monoisotopic (exact) mass is 410 g/mol. The molecule has 2 aromatic rings. The molecule has 1 amide bonds. The predicted molar refractivity (Wildman–Crippen MR) is 102 cm³/mol. The fourth-order valence-electron chi connectivity index (χ4n) is 3.09. The first-order valence-electron chi connectivity index (χ1n) is 8.52. The second kappa shape index (κ2) is 7.58. The van der Waals surface area contributed by atoms with Gasteiger partial charge in [0.25, 0.3) is 5.91 Å². The number of piperazine rings is 1. The van der Waals surface area contributed by atoms with E-state index in [-0.39, 0.29) is 41.7 Å². The Balaban J connectivity index is 1.76. The topological polar surface area (TPSA) is 57.7 Å². The van der Waals surface area contributed by atoms with Crippen LogP contribution in [0.4, 0.5) is 4.39 Å². The first kappa shape index (κ1) is 19.8. The molecule has 0 unspecified atom stereocenters. The van der Waals surface area contributed by atoms with Gasteiger partial charge >= 0.3 is 0 Å². The number of hydrogen-bond acceptors (Lipinski definition) is 3. The maximum atomic E-state index is 13.9. The summed E-state index contributed by atoms with van der Waals surface area (Å²) < 4.78 is 41.2. The van der Waals surface area contributed by atoms with Crippen molar-refractivity contribution in [3.8, 4) is 0 Å². The van der Waals surface area contributed by atoms with E-state index >= 15 is 0 Å². The van der Waals surface area contributed by atoms with Crippen LogP contribution in [0.25, 0.3) is 0 Å². The van der Waals surface area contributed by atoms with E-state index in [9.17, 15) is 17.6 Å². The van der Waals surface area contributed by atoms with E-state index in [4.69, 9.17) is 11.6 Å². The summed E-state index contributed by atoms with van der Waals surface area (Å²) in [6, 6.07) is 9.12. The molecule has 0 aromatic heterocycles. The number of nitrogens with zero attached hydrogens (tertiary/aromatic N) is 2. The number of aryl methyl sites for hydroxylation is 2. The Morgan fingerprint density at radius 3 is 2.37 bits per heavy atom. The van der Waals surface area contributed by atoms with Gasteiger partial charge in [-0.05, 0) is 49.2 Å². The number of hydrogen-bond donors (Lipinski definition) is 0. The Hall–Kier alpha value is -1.96. The van der Waals surface area contributed by atoms with Gasteiger partial charge in [-0.15, -0.1) is 0 Å². The van der Waals surface area contributed by atoms with Crippen LogP contribution in [-0.4, -0.2) is 49.7 Å². The van der Waals surface area contributed by atoms with E-state index in [0.717, 1.165) is 11.6 Å². The number of rotatable bonds is 3. The summed E-state index contributed by atoms with van der Waals surface area (Å²) in [5, 5.41) is 0.274. The number of halogens is 2. The third-order valence-electron chi connectivity index (χ3n) is 4.65. The van der Waals surface area contributed by atoms with Crippen molar-refractivity contribution in [2.75, 3.05) is 26.2 Å². The number of benzene rings is 2. The van der Waals surface area contributed by atoms with Crippen molar-refractivity contribution < 1.29 is 17.6 Å². The normalized spacial score (nSPS) is 15.8. The molecule has 1 heterocycles. The maximum Gasteiger partial charge on any atom is 0.256 e. The quantitative estimate of drug-likeness (QED) is 0.780. The molecule has 1 fully saturated rings. The van der Waals surface area contributed by atoms with Crippen LogP contribution in [0.2, 0.25) is 5.02 Å². The minimum Gasteiger partial charge on any atom is -0.336 e. The highest BCUT2D eigenvalue weighted by Gasteiger charge is 2.32. The van der Waals surface area contributed by atoms with Gasteiger partial charge in [-0.25, -0.2) is 12.8 Å². The van der Waals surface area contributed by atoms with E-state index in [1.54, 1.807) is 19.1 Å². The van der Waals surface area contributed by atoms with E-state index in [1.165, 1.54) is 21.3 Å². The summed E-state index contributed by atoms with van der Waals surface area (Å²) >= 11 is 5.85. The van der Waals surface area contributed by atoms with Gasteiger partial charge in [0.1, 0.15) is 5.82 Å². The SMILES string of the molecule is Cc1ccc(C)c(S(=O)(=O)N2CCN(C(=O)c3cc(Cl)ccc3F)CC2)c1. The van der Waals surface area contributed by atoms with Gasteiger partial charge < -0.3 is 4.90 Å². The van der Waals surface area contributed by atoms with Crippen LogP contribution in [0.15, 0.2) is 41.3 Å². The summed E-state index contributed by atoms with van der Waals surface area (Å²) in [7, 11) is -3.64. The number of sulfonamides is 1. The van der Waals surface area contributed by atoms with Gasteiger partial charge in [0.05, 0.1) is 10.5 Å². The summed E-state index contributed by atoms with van der Waals surface area (Å²) in [5.74, 6) is -1.13. The molecule has 0 atom stereocenters. The highest BCUT2D eigenvalue weighted by Crippen LogP contribution is 2.23. The molecule has 8 heteroatoms. The summed E-state index contributed by atoms with van der Waals surface area (Å²) in [4.78, 5) is 14.3. The summed E-state index contributed by atoms with van der Waals surface area (Å²) in [5.41, 5.74) is 1.44. The average molecular weight is 411 g/mol. The number of carbonyl (C=O) groups excluding carboxylic acids is 1.